The van der Waals surface area contributed by atoms with E-state index >= 15 is 0 Å². The van der Waals surface area contributed by atoms with Gasteiger partial charge in [0.05, 0.1) is 21.3 Å². The number of hydrogen-bond donors (Lipinski definition) is 1. The van der Waals surface area contributed by atoms with Gasteiger partial charge in [-0.15, -0.1) is 0 Å². The molecule has 3 rings (SSSR count). The number of halogens is 2. The van der Waals surface area contributed by atoms with Gasteiger partial charge in [0.25, 0.3) is 5.91 Å². The number of fused-ring (bicyclic) bond motifs is 1. The average molecular weight is 334 g/mol. The highest BCUT2D eigenvalue weighted by Gasteiger charge is 2.12. The van der Waals surface area contributed by atoms with Gasteiger partial charge in [0.2, 0.25) is 0 Å². The third-order valence-corrected chi connectivity index (χ3v) is 4.10. The summed E-state index contributed by atoms with van der Waals surface area (Å²) in [5, 5.41) is 3.47. The van der Waals surface area contributed by atoms with Gasteiger partial charge in [-0.05, 0) is 24.3 Å². The predicted octanol–water partition coefficient (Wildman–Crippen LogP) is 3.61. The van der Waals surface area contributed by atoms with E-state index in [9.17, 15) is 4.79 Å². The number of pyridine rings is 1. The standard InChI is InChI=1S/C16H13Cl2N3O/c17-13-5-3-4-12(15(13)18)16(22)19-8-7-11-10-21-9-2-1-6-14(21)20-11/h1-6,9-10H,7-8H2,(H,19,22). The van der Waals surface area contributed by atoms with Crippen molar-refractivity contribution in [2.75, 3.05) is 6.54 Å². The number of amides is 1. The minimum atomic E-state index is -0.240. The van der Waals surface area contributed by atoms with Crippen LogP contribution < -0.4 is 5.32 Å². The molecule has 0 radical (unpaired) electrons. The number of carbonyl (C=O) groups excluding carboxylic acids is 1. The molecule has 2 aromatic heterocycles. The Morgan fingerprint density at radius 3 is 2.86 bits per heavy atom. The van der Waals surface area contributed by atoms with E-state index in [1.807, 2.05) is 35.0 Å². The Morgan fingerprint density at radius 2 is 2.05 bits per heavy atom. The topological polar surface area (TPSA) is 46.4 Å². The molecule has 1 amide bonds. The molecule has 2 heterocycles. The van der Waals surface area contributed by atoms with Crippen molar-refractivity contribution in [3.8, 4) is 0 Å². The van der Waals surface area contributed by atoms with Gasteiger partial charge in [-0.3, -0.25) is 4.79 Å². The maximum Gasteiger partial charge on any atom is 0.252 e. The molecular formula is C16H13Cl2N3O. The summed E-state index contributed by atoms with van der Waals surface area (Å²) in [7, 11) is 0. The SMILES string of the molecule is O=C(NCCc1cn2ccccc2n1)c1cccc(Cl)c1Cl. The lowest BCUT2D eigenvalue weighted by atomic mass is 10.2. The number of carbonyl (C=O) groups is 1. The Balaban J connectivity index is 1.63. The van der Waals surface area contributed by atoms with Crippen LogP contribution in [0.3, 0.4) is 0 Å². The Bertz CT molecular complexity index is 796. The summed E-state index contributed by atoms with van der Waals surface area (Å²) >= 11 is 11.9. The second kappa shape index (κ2) is 6.38. The van der Waals surface area contributed by atoms with Gasteiger partial charge >= 0.3 is 0 Å². The third kappa shape index (κ3) is 3.08. The molecule has 4 nitrogen and oxygen atoms in total. The molecular weight excluding hydrogens is 321 g/mol. The zero-order valence-corrected chi connectivity index (χ0v) is 13.1. The quantitative estimate of drug-likeness (QED) is 0.792. The highest BCUT2D eigenvalue weighted by Crippen LogP contribution is 2.25. The Labute approximate surface area is 137 Å². The maximum atomic E-state index is 12.1. The van der Waals surface area contributed by atoms with Gasteiger partial charge in [-0.25, -0.2) is 4.98 Å². The minimum Gasteiger partial charge on any atom is -0.352 e. The van der Waals surface area contributed by atoms with Gasteiger partial charge < -0.3 is 9.72 Å². The van der Waals surface area contributed by atoms with Crippen LogP contribution in [0.25, 0.3) is 5.65 Å². The summed E-state index contributed by atoms with van der Waals surface area (Å²) in [6.07, 6.45) is 4.54. The minimum absolute atomic E-state index is 0.240. The first-order valence-corrected chi connectivity index (χ1v) is 7.55. The van der Waals surface area contributed by atoms with Gasteiger partial charge in [-0.1, -0.05) is 35.3 Å². The van der Waals surface area contributed by atoms with E-state index in [1.54, 1.807) is 18.2 Å². The molecule has 0 aliphatic carbocycles. The molecule has 0 saturated heterocycles. The van der Waals surface area contributed by atoms with Crippen LogP contribution >= 0.6 is 23.2 Å². The number of imidazole rings is 1. The second-order valence-electron chi connectivity index (χ2n) is 4.81. The average Bonchev–Trinajstić information content (AvgIpc) is 2.92. The second-order valence-corrected chi connectivity index (χ2v) is 5.59. The molecule has 0 saturated carbocycles. The molecule has 0 spiro atoms. The van der Waals surface area contributed by atoms with Crippen molar-refractivity contribution in [1.29, 1.82) is 0 Å². The summed E-state index contributed by atoms with van der Waals surface area (Å²) in [6, 6.07) is 10.8. The summed E-state index contributed by atoms with van der Waals surface area (Å²) in [5.74, 6) is -0.240. The van der Waals surface area contributed by atoms with Crippen molar-refractivity contribution in [2.45, 2.75) is 6.42 Å². The maximum absolute atomic E-state index is 12.1. The fourth-order valence-corrected chi connectivity index (χ4v) is 2.57. The van der Waals surface area contributed by atoms with Crippen LogP contribution in [-0.2, 0) is 6.42 Å². The van der Waals surface area contributed by atoms with Gasteiger partial charge in [0.15, 0.2) is 0 Å². The number of nitrogens with zero attached hydrogens (tertiary/aromatic N) is 2. The van der Waals surface area contributed by atoms with Crippen LogP contribution in [0.2, 0.25) is 10.0 Å². The van der Waals surface area contributed by atoms with E-state index in [0.717, 1.165) is 11.3 Å². The zero-order valence-electron chi connectivity index (χ0n) is 11.6. The van der Waals surface area contributed by atoms with Crippen LogP contribution in [0.4, 0.5) is 0 Å². The van der Waals surface area contributed by atoms with Crippen LogP contribution in [0.1, 0.15) is 16.1 Å². The highest BCUT2D eigenvalue weighted by molar-refractivity contribution is 6.43. The number of nitrogens with one attached hydrogen (secondary N) is 1. The van der Waals surface area contributed by atoms with E-state index < -0.39 is 0 Å². The van der Waals surface area contributed by atoms with Crippen molar-refractivity contribution in [3.05, 3.63) is 70.1 Å². The smallest absolute Gasteiger partial charge is 0.252 e. The number of hydrogen-bond acceptors (Lipinski definition) is 2. The Morgan fingerprint density at radius 1 is 1.18 bits per heavy atom. The number of benzene rings is 1. The van der Waals surface area contributed by atoms with Gasteiger partial charge in [0, 0.05) is 25.4 Å². The monoisotopic (exact) mass is 333 g/mol. The molecule has 22 heavy (non-hydrogen) atoms. The molecule has 0 atom stereocenters. The Kier molecular flexibility index (Phi) is 4.32. The molecule has 3 aromatic rings. The van der Waals surface area contributed by atoms with Crippen molar-refractivity contribution < 1.29 is 4.79 Å². The molecule has 0 fully saturated rings. The van der Waals surface area contributed by atoms with E-state index in [4.69, 9.17) is 23.2 Å². The van der Waals surface area contributed by atoms with Crippen molar-refractivity contribution in [1.82, 2.24) is 14.7 Å². The van der Waals surface area contributed by atoms with Crippen molar-refractivity contribution in [3.63, 3.8) is 0 Å². The van der Waals surface area contributed by atoms with E-state index in [-0.39, 0.29) is 10.9 Å². The van der Waals surface area contributed by atoms with E-state index in [2.05, 4.69) is 10.3 Å². The summed E-state index contributed by atoms with van der Waals surface area (Å²) in [6.45, 7) is 0.478. The Hall–Kier alpha value is -2.04. The van der Waals surface area contributed by atoms with E-state index in [0.29, 0.717) is 23.6 Å². The van der Waals surface area contributed by atoms with Crippen LogP contribution in [0, 0.1) is 0 Å². The molecule has 112 valence electrons. The molecule has 0 aliphatic rings. The van der Waals surface area contributed by atoms with Gasteiger partial charge in [-0.2, -0.15) is 0 Å². The summed E-state index contributed by atoms with van der Waals surface area (Å²) in [5.41, 5.74) is 2.19. The molecule has 0 aliphatic heterocycles. The fraction of sp³-hybridized carbons (Fsp3) is 0.125. The van der Waals surface area contributed by atoms with Crippen molar-refractivity contribution >= 4 is 34.8 Å². The number of rotatable bonds is 4. The molecule has 0 bridgehead atoms. The lowest BCUT2D eigenvalue weighted by Gasteiger charge is -2.06. The summed E-state index contributed by atoms with van der Waals surface area (Å²) < 4.78 is 1.95. The molecule has 6 heteroatoms. The normalized spacial score (nSPS) is 10.8. The third-order valence-electron chi connectivity index (χ3n) is 3.28. The zero-order chi connectivity index (χ0) is 15.5. The fourth-order valence-electron chi connectivity index (χ4n) is 2.19. The van der Waals surface area contributed by atoms with Crippen LogP contribution in [0.15, 0.2) is 48.8 Å². The lowest BCUT2D eigenvalue weighted by molar-refractivity contribution is 0.0954. The highest BCUT2D eigenvalue weighted by atomic mass is 35.5. The largest absolute Gasteiger partial charge is 0.352 e. The van der Waals surface area contributed by atoms with Gasteiger partial charge in [0.1, 0.15) is 5.65 Å². The first-order valence-electron chi connectivity index (χ1n) is 6.80. The molecule has 0 unspecified atom stereocenters. The van der Waals surface area contributed by atoms with Crippen LogP contribution in [0.5, 0.6) is 0 Å². The summed E-state index contributed by atoms with van der Waals surface area (Å²) in [4.78, 5) is 16.6. The molecule has 1 aromatic carbocycles. The number of aromatic nitrogens is 2. The van der Waals surface area contributed by atoms with E-state index in [1.165, 1.54) is 0 Å². The van der Waals surface area contributed by atoms with Crippen molar-refractivity contribution in [2.24, 2.45) is 0 Å². The predicted molar refractivity (Wildman–Crippen MR) is 87.7 cm³/mol. The molecule has 1 N–H and O–H groups in total. The lowest BCUT2D eigenvalue weighted by Crippen LogP contribution is -2.26. The van der Waals surface area contributed by atoms with Crippen LogP contribution in [-0.4, -0.2) is 21.8 Å². The first-order chi connectivity index (χ1) is 10.6. The first kappa shape index (κ1) is 14.9.